The third kappa shape index (κ3) is 3.29. The molecule has 1 amide bonds. The van der Waals surface area contributed by atoms with Gasteiger partial charge in [-0.1, -0.05) is 17.7 Å². The first-order valence-electron chi connectivity index (χ1n) is 5.77. The second-order valence-electron chi connectivity index (χ2n) is 4.19. The topological polar surface area (TPSA) is 92.4 Å². The molecular formula is C14H10ClFN2O3. The highest BCUT2D eigenvalue weighted by molar-refractivity contribution is 6.31. The Labute approximate surface area is 124 Å². The van der Waals surface area contributed by atoms with Crippen LogP contribution in [0.2, 0.25) is 5.02 Å². The summed E-state index contributed by atoms with van der Waals surface area (Å²) in [5.41, 5.74) is 5.17. The van der Waals surface area contributed by atoms with Crippen molar-refractivity contribution >= 4 is 34.9 Å². The van der Waals surface area contributed by atoms with Gasteiger partial charge in [0.05, 0.1) is 11.3 Å². The lowest BCUT2D eigenvalue weighted by atomic mass is 10.1. The number of nitrogen functional groups attached to an aromatic ring is 1. The minimum Gasteiger partial charge on any atom is -0.478 e. The van der Waals surface area contributed by atoms with Gasteiger partial charge < -0.3 is 16.2 Å². The molecule has 0 heterocycles. The Morgan fingerprint density at radius 3 is 2.57 bits per heavy atom. The van der Waals surface area contributed by atoms with E-state index in [1.54, 1.807) is 0 Å². The molecular weight excluding hydrogens is 299 g/mol. The molecule has 0 fully saturated rings. The smallest absolute Gasteiger partial charge is 0.337 e. The van der Waals surface area contributed by atoms with E-state index in [0.29, 0.717) is 0 Å². The minimum absolute atomic E-state index is 0.0968. The lowest BCUT2D eigenvalue weighted by Gasteiger charge is -2.10. The van der Waals surface area contributed by atoms with E-state index in [-0.39, 0.29) is 21.8 Å². The van der Waals surface area contributed by atoms with Crippen LogP contribution in [0.3, 0.4) is 0 Å². The molecule has 0 saturated heterocycles. The van der Waals surface area contributed by atoms with Gasteiger partial charge in [0.15, 0.2) is 0 Å². The highest BCUT2D eigenvalue weighted by Crippen LogP contribution is 2.22. The molecule has 0 spiro atoms. The van der Waals surface area contributed by atoms with Crippen LogP contribution < -0.4 is 11.1 Å². The van der Waals surface area contributed by atoms with Crippen molar-refractivity contribution in [1.82, 2.24) is 0 Å². The van der Waals surface area contributed by atoms with Gasteiger partial charge in [-0.2, -0.15) is 0 Å². The molecule has 0 aliphatic carbocycles. The number of nitrogens with two attached hydrogens (primary N) is 1. The summed E-state index contributed by atoms with van der Waals surface area (Å²) in [6.45, 7) is 0. The number of carboxylic acid groups (broad SMARTS) is 1. The third-order valence-corrected chi connectivity index (χ3v) is 2.88. The number of carbonyl (C=O) groups is 2. The summed E-state index contributed by atoms with van der Waals surface area (Å²) in [5, 5.41) is 11.5. The number of amides is 1. The second kappa shape index (κ2) is 5.80. The molecule has 0 atom stereocenters. The summed E-state index contributed by atoms with van der Waals surface area (Å²) in [5.74, 6) is -2.91. The molecule has 0 radical (unpaired) electrons. The van der Waals surface area contributed by atoms with Crippen molar-refractivity contribution in [3.05, 3.63) is 58.4 Å². The molecule has 0 saturated carbocycles. The van der Waals surface area contributed by atoms with E-state index in [1.807, 2.05) is 0 Å². The van der Waals surface area contributed by atoms with Crippen LogP contribution in [-0.4, -0.2) is 17.0 Å². The van der Waals surface area contributed by atoms with Gasteiger partial charge in [-0.3, -0.25) is 4.79 Å². The first-order valence-corrected chi connectivity index (χ1v) is 6.15. The number of hydrogen-bond acceptors (Lipinski definition) is 3. The SMILES string of the molecule is Nc1cc(Cl)cc(C(=O)Nc2c(F)cccc2C(=O)O)c1. The monoisotopic (exact) mass is 308 g/mol. The average molecular weight is 309 g/mol. The van der Waals surface area contributed by atoms with E-state index in [9.17, 15) is 14.0 Å². The lowest BCUT2D eigenvalue weighted by molar-refractivity contribution is 0.0697. The van der Waals surface area contributed by atoms with E-state index in [2.05, 4.69) is 5.32 Å². The number of carboxylic acids is 1. The Hall–Kier alpha value is -2.60. The van der Waals surface area contributed by atoms with Crippen LogP contribution in [0.5, 0.6) is 0 Å². The molecule has 0 unspecified atom stereocenters. The van der Waals surface area contributed by atoms with Crippen molar-refractivity contribution in [3.63, 3.8) is 0 Å². The van der Waals surface area contributed by atoms with Gasteiger partial charge in [0.1, 0.15) is 5.82 Å². The van der Waals surface area contributed by atoms with Crippen LogP contribution in [0.4, 0.5) is 15.8 Å². The summed E-state index contributed by atoms with van der Waals surface area (Å²) in [6, 6.07) is 7.62. The molecule has 21 heavy (non-hydrogen) atoms. The number of carbonyl (C=O) groups excluding carboxylic acids is 1. The maximum Gasteiger partial charge on any atom is 0.337 e. The molecule has 0 aliphatic heterocycles. The van der Waals surface area contributed by atoms with Crippen LogP contribution in [0.1, 0.15) is 20.7 Å². The molecule has 0 aromatic heterocycles. The van der Waals surface area contributed by atoms with Gasteiger partial charge in [0.2, 0.25) is 0 Å². The van der Waals surface area contributed by atoms with Crippen LogP contribution in [0, 0.1) is 5.82 Å². The molecule has 0 aliphatic rings. The quantitative estimate of drug-likeness (QED) is 0.760. The van der Waals surface area contributed by atoms with Crippen molar-refractivity contribution in [2.75, 3.05) is 11.1 Å². The van der Waals surface area contributed by atoms with Crippen molar-refractivity contribution < 1.29 is 19.1 Å². The fraction of sp³-hybridized carbons (Fsp3) is 0. The predicted octanol–water partition coefficient (Wildman–Crippen LogP) is 3.01. The zero-order valence-electron chi connectivity index (χ0n) is 10.6. The largest absolute Gasteiger partial charge is 0.478 e. The van der Waals surface area contributed by atoms with E-state index in [4.69, 9.17) is 22.4 Å². The van der Waals surface area contributed by atoms with Crippen molar-refractivity contribution in [2.24, 2.45) is 0 Å². The van der Waals surface area contributed by atoms with E-state index >= 15 is 0 Å². The zero-order valence-corrected chi connectivity index (χ0v) is 11.3. The van der Waals surface area contributed by atoms with Crippen LogP contribution in [0.25, 0.3) is 0 Å². The molecule has 2 aromatic rings. The normalized spacial score (nSPS) is 10.2. The molecule has 4 N–H and O–H groups in total. The van der Waals surface area contributed by atoms with Crippen molar-refractivity contribution in [3.8, 4) is 0 Å². The average Bonchev–Trinajstić information content (AvgIpc) is 2.39. The maximum atomic E-state index is 13.7. The number of halogens is 2. The fourth-order valence-corrected chi connectivity index (χ4v) is 2.00. The Morgan fingerprint density at radius 1 is 1.24 bits per heavy atom. The predicted molar refractivity (Wildman–Crippen MR) is 77.2 cm³/mol. The maximum absolute atomic E-state index is 13.7. The Balaban J connectivity index is 2.38. The number of rotatable bonds is 3. The summed E-state index contributed by atoms with van der Waals surface area (Å²) in [6.07, 6.45) is 0. The van der Waals surface area contributed by atoms with E-state index in [0.717, 1.165) is 6.07 Å². The first-order chi connectivity index (χ1) is 9.88. The Morgan fingerprint density at radius 2 is 1.95 bits per heavy atom. The van der Waals surface area contributed by atoms with Crippen LogP contribution >= 0.6 is 11.6 Å². The minimum atomic E-state index is -1.35. The van der Waals surface area contributed by atoms with Gasteiger partial charge in [-0.15, -0.1) is 0 Å². The molecule has 0 bridgehead atoms. The molecule has 2 aromatic carbocycles. The second-order valence-corrected chi connectivity index (χ2v) is 4.63. The summed E-state index contributed by atoms with van der Waals surface area (Å²) in [4.78, 5) is 23.1. The standard InChI is InChI=1S/C14H10ClFN2O3/c15-8-4-7(5-9(17)6-8)13(19)18-12-10(14(20)21)2-1-3-11(12)16/h1-6H,17H2,(H,18,19)(H,20,21). The fourth-order valence-electron chi connectivity index (χ4n) is 1.76. The summed E-state index contributed by atoms with van der Waals surface area (Å²) >= 11 is 5.78. The molecule has 7 heteroatoms. The lowest BCUT2D eigenvalue weighted by Crippen LogP contribution is -2.16. The van der Waals surface area contributed by atoms with E-state index < -0.39 is 23.4 Å². The Kier molecular flexibility index (Phi) is 4.09. The van der Waals surface area contributed by atoms with Crippen LogP contribution in [-0.2, 0) is 0 Å². The summed E-state index contributed by atoms with van der Waals surface area (Å²) < 4.78 is 13.7. The number of para-hydroxylation sites is 1. The van der Waals surface area contributed by atoms with Crippen LogP contribution in [0.15, 0.2) is 36.4 Å². The number of anilines is 2. The number of aromatic carboxylic acids is 1. The Bertz CT molecular complexity index is 714. The number of benzene rings is 2. The number of hydrogen-bond donors (Lipinski definition) is 3. The summed E-state index contributed by atoms with van der Waals surface area (Å²) in [7, 11) is 0. The first kappa shape index (κ1) is 14.8. The molecule has 5 nitrogen and oxygen atoms in total. The third-order valence-electron chi connectivity index (χ3n) is 2.66. The molecule has 2 rings (SSSR count). The van der Waals surface area contributed by atoms with Gasteiger partial charge in [0, 0.05) is 16.3 Å². The van der Waals surface area contributed by atoms with Crippen molar-refractivity contribution in [1.29, 1.82) is 0 Å². The number of nitrogens with one attached hydrogen (secondary N) is 1. The molecule has 108 valence electrons. The van der Waals surface area contributed by atoms with Gasteiger partial charge in [0.25, 0.3) is 5.91 Å². The van der Waals surface area contributed by atoms with Gasteiger partial charge in [-0.05, 0) is 30.3 Å². The highest BCUT2D eigenvalue weighted by atomic mass is 35.5. The van der Waals surface area contributed by atoms with Gasteiger partial charge in [-0.25, -0.2) is 9.18 Å². The van der Waals surface area contributed by atoms with E-state index in [1.165, 1.54) is 30.3 Å². The van der Waals surface area contributed by atoms with Crippen molar-refractivity contribution in [2.45, 2.75) is 0 Å². The highest BCUT2D eigenvalue weighted by Gasteiger charge is 2.17. The zero-order chi connectivity index (χ0) is 15.6. The van der Waals surface area contributed by atoms with Gasteiger partial charge >= 0.3 is 5.97 Å².